The Balaban J connectivity index is 1.78. The van der Waals surface area contributed by atoms with E-state index in [1.54, 1.807) is 36.9 Å². The molecule has 0 saturated heterocycles. The molecule has 134 valence electrons. The fraction of sp³-hybridized carbons (Fsp3) is 0. The third-order valence-corrected chi connectivity index (χ3v) is 4.75. The van der Waals surface area contributed by atoms with Gasteiger partial charge in [0.25, 0.3) is 0 Å². The van der Waals surface area contributed by atoms with Crippen LogP contribution in [0.15, 0.2) is 85.5 Å². The van der Waals surface area contributed by atoms with E-state index in [-0.39, 0.29) is 5.82 Å². The highest BCUT2D eigenvalue weighted by atomic mass is 19.1. The van der Waals surface area contributed by atoms with Crippen LogP contribution in [0.3, 0.4) is 0 Å². The van der Waals surface area contributed by atoms with E-state index in [2.05, 4.69) is 15.0 Å². The lowest BCUT2D eigenvalue weighted by Gasteiger charge is -2.07. The Morgan fingerprint density at radius 3 is 1.86 bits per heavy atom. The summed E-state index contributed by atoms with van der Waals surface area (Å²) < 4.78 is 13.4. The molecule has 2 aromatic carbocycles. The van der Waals surface area contributed by atoms with Gasteiger partial charge in [-0.15, -0.1) is 0 Å². The highest BCUT2D eigenvalue weighted by Gasteiger charge is 2.15. The van der Waals surface area contributed by atoms with E-state index >= 15 is 0 Å². The molecule has 0 saturated carbocycles. The number of nitrogens with one attached hydrogen (secondary N) is 1. The number of hydrogen-bond donors (Lipinski definition) is 1. The second-order valence-corrected chi connectivity index (χ2v) is 6.45. The molecule has 0 spiro atoms. The predicted octanol–water partition coefficient (Wildman–Crippen LogP) is 5.49. The van der Waals surface area contributed by atoms with Gasteiger partial charge in [-0.1, -0.05) is 24.3 Å². The van der Waals surface area contributed by atoms with E-state index in [9.17, 15) is 4.39 Å². The van der Waals surface area contributed by atoms with E-state index in [1.165, 1.54) is 12.1 Å². The Morgan fingerprint density at radius 2 is 1.18 bits per heavy atom. The summed E-state index contributed by atoms with van der Waals surface area (Å²) in [5.41, 5.74) is 6.68. The molecule has 0 aliphatic rings. The second kappa shape index (κ2) is 6.70. The fourth-order valence-electron chi connectivity index (χ4n) is 3.37. The van der Waals surface area contributed by atoms with Crippen LogP contribution in [0, 0.1) is 5.82 Å². The third kappa shape index (κ3) is 2.83. The van der Waals surface area contributed by atoms with Gasteiger partial charge >= 0.3 is 0 Å². The number of hydrogen-bond acceptors (Lipinski definition) is 3. The first kappa shape index (κ1) is 16.3. The maximum absolute atomic E-state index is 13.4. The zero-order chi connectivity index (χ0) is 18.9. The van der Waals surface area contributed by atoms with Crippen LogP contribution in [-0.4, -0.2) is 19.9 Å². The second-order valence-electron chi connectivity index (χ2n) is 6.45. The van der Waals surface area contributed by atoms with Crippen molar-refractivity contribution in [2.24, 2.45) is 0 Å². The van der Waals surface area contributed by atoms with Crippen molar-refractivity contribution < 1.29 is 4.39 Å². The molecular formula is C23H15FN4. The largest absolute Gasteiger partial charge is 0.337 e. The zero-order valence-electron chi connectivity index (χ0n) is 14.8. The summed E-state index contributed by atoms with van der Waals surface area (Å²) in [6, 6.07) is 18.4. The predicted molar refractivity (Wildman–Crippen MR) is 108 cm³/mol. The van der Waals surface area contributed by atoms with Gasteiger partial charge in [0.15, 0.2) is 0 Å². The summed E-state index contributed by atoms with van der Waals surface area (Å²) in [4.78, 5) is 16.5. The van der Waals surface area contributed by atoms with Crippen LogP contribution >= 0.6 is 0 Å². The highest BCUT2D eigenvalue weighted by molar-refractivity contribution is 6.02. The summed E-state index contributed by atoms with van der Waals surface area (Å²) in [7, 11) is 0. The Kier molecular flexibility index (Phi) is 3.91. The van der Waals surface area contributed by atoms with Crippen LogP contribution in [0.25, 0.3) is 44.7 Å². The van der Waals surface area contributed by atoms with E-state index in [0.29, 0.717) is 0 Å². The first-order valence-electron chi connectivity index (χ1n) is 8.89. The number of imidazole rings is 1. The van der Waals surface area contributed by atoms with Crippen LogP contribution in [0.4, 0.5) is 4.39 Å². The summed E-state index contributed by atoms with van der Waals surface area (Å²) in [5, 5.41) is 0. The van der Waals surface area contributed by atoms with Gasteiger partial charge < -0.3 is 4.98 Å². The van der Waals surface area contributed by atoms with Crippen molar-refractivity contribution in [2.45, 2.75) is 0 Å². The number of benzene rings is 2. The molecule has 1 N–H and O–H groups in total. The lowest BCUT2D eigenvalue weighted by Crippen LogP contribution is -1.86. The average molecular weight is 366 g/mol. The van der Waals surface area contributed by atoms with Gasteiger partial charge in [-0.2, -0.15) is 0 Å². The number of pyridine rings is 2. The van der Waals surface area contributed by atoms with E-state index in [0.717, 1.165) is 44.7 Å². The standard InChI is InChI=1S/C23H15FN4/c24-18-3-1-15(2-4-18)19-5-6-20(16-7-11-25-12-8-16)22-21(19)27-23(28-22)17-9-13-26-14-10-17/h1-14H,(H,27,28). The fourth-order valence-corrected chi connectivity index (χ4v) is 3.37. The van der Waals surface area contributed by atoms with Gasteiger partial charge in [-0.05, 0) is 47.5 Å². The van der Waals surface area contributed by atoms with Gasteiger partial charge in [0.2, 0.25) is 0 Å². The molecule has 5 aromatic rings. The van der Waals surface area contributed by atoms with Crippen molar-refractivity contribution in [1.82, 2.24) is 19.9 Å². The quantitative estimate of drug-likeness (QED) is 0.459. The van der Waals surface area contributed by atoms with E-state index < -0.39 is 0 Å². The molecule has 5 rings (SSSR count). The molecular weight excluding hydrogens is 351 g/mol. The molecule has 0 unspecified atom stereocenters. The smallest absolute Gasteiger partial charge is 0.138 e. The number of rotatable bonds is 3. The van der Waals surface area contributed by atoms with Gasteiger partial charge in [0, 0.05) is 41.5 Å². The van der Waals surface area contributed by atoms with Crippen LogP contribution in [-0.2, 0) is 0 Å². The molecule has 0 bridgehead atoms. The maximum Gasteiger partial charge on any atom is 0.138 e. The number of fused-ring (bicyclic) bond motifs is 1. The Morgan fingerprint density at radius 1 is 0.607 bits per heavy atom. The van der Waals surface area contributed by atoms with Crippen LogP contribution in [0.5, 0.6) is 0 Å². The molecule has 28 heavy (non-hydrogen) atoms. The van der Waals surface area contributed by atoms with Crippen molar-refractivity contribution >= 4 is 11.0 Å². The minimum atomic E-state index is -0.254. The minimum absolute atomic E-state index is 0.254. The Labute approximate surface area is 160 Å². The molecule has 0 amide bonds. The van der Waals surface area contributed by atoms with Crippen molar-refractivity contribution in [3.63, 3.8) is 0 Å². The van der Waals surface area contributed by atoms with Crippen molar-refractivity contribution in [2.75, 3.05) is 0 Å². The Hall–Kier alpha value is -3.86. The SMILES string of the molecule is Fc1ccc(-c2ccc(-c3ccncc3)c3nc(-c4ccncc4)[nH]c23)cc1. The summed E-state index contributed by atoms with van der Waals surface area (Å²) in [6.07, 6.45) is 7.03. The zero-order valence-corrected chi connectivity index (χ0v) is 14.8. The molecule has 0 atom stereocenters. The molecule has 0 aliphatic heterocycles. The average Bonchev–Trinajstić information content (AvgIpc) is 3.20. The van der Waals surface area contributed by atoms with Crippen LogP contribution in [0.2, 0.25) is 0 Å². The van der Waals surface area contributed by atoms with Gasteiger partial charge in [0.1, 0.15) is 11.6 Å². The van der Waals surface area contributed by atoms with Crippen molar-refractivity contribution in [1.29, 1.82) is 0 Å². The molecule has 3 heterocycles. The third-order valence-electron chi connectivity index (χ3n) is 4.75. The topological polar surface area (TPSA) is 54.5 Å². The van der Waals surface area contributed by atoms with Crippen LogP contribution in [0.1, 0.15) is 0 Å². The number of nitrogens with zero attached hydrogens (tertiary/aromatic N) is 3. The normalized spacial score (nSPS) is 11.0. The van der Waals surface area contributed by atoms with Gasteiger partial charge in [0.05, 0.1) is 11.0 Å². The molecule has 0 radical (unpaired) electrons. The molecule has 3 aromatic heterocycles. The highest BCUT2D eigenvalue weighted by Crippen LogP contribution is 2.35. The number of aromatic nitrogens is 4. The number of H-pyrrole nitrogens is 1. The molecule has 0 fully saturated rings. The minimum Gasteiger partial charge on any atom is -0.337 e. The summed E-state index contributed by atoms with van der Waals surface area (Å²) >= 11 is 0. The maximum atomic E-state index is 13.4. The molecule has 0 aliphatic carbocycles. The first-order valence-corrected chi connectivity index (χ1v) is 8.89. The molecule has 4 nitrogen and oxygen atoms in total. The monoisotopic (exact) mass is 366 g/mol. The van der Waals surface area contributed by atoms with Crippen molar-refractivity contribution in [3.05, 3.63) is 91.3 Å². The van der Waals surface area contributed by atoms with Crippen LogP contribution < -0.4 is 0 Å². The van der Waals surface area contributed by atoms with Gasteiger partial charge in [-0.3, -0.25) is 9.97 Å². The first-order chi connectivity index (χ1) is 13.8. The summed E-state index contributed by atoms with van der Waals surface area (Å²) in [5.74, 6) is 0.512. The lowest BCUT2D eigenvalue weighted by molar-refractivity contribution is 0.628. The van der Waals surface area contributed by atoms with Gasteiger partial charge in [-0.25, -0.2) is 9.37 Å². The molecule has 5 heteroatoms. The number of halogens is 1. The van der Waals surface area contributed by atoms with Crippen molar-refractivity contribution in [3.8, 4) is 33.6 Å². The summed E-state index contributed by atoms with van der Waals surface area (Å²) in [6.45, 7) is 0. The van der Waals surface area contributed by atoms with E-state index in [4.69, 9.17) is 4.98 Å². The Bertz CT molecular complexity index is 1250. The lowest BCUT2D eigenvalue weighted by atomic mass is 9.98. The number of aromatic amines is 1. The van der Waals surface area contributed by atoms with E-state index in [1.807, 2.05) is 36.4 Å².